The zero-order valence-electron chi connectivity index (χ0n) is 11.6. The third kappa shape index (κ3) is 3.29. The van der Waals surface area contributed by atoms with Crippen LogP contribution in [-0.2, 0) is 0 Å². The second-order valence-corrected chi connectivity index (χ2v) is 5.61. The minimum Gasteiger partial charge on any atom is -0.454 e. The summed E-state index contributed by atoms with van der Waals surface area (Å²) in [5.41, 5.74) is 1.44. The van der Waals surface area contributed by atoms with Crippen molar-refractivity contribution < 1.29 is 14.3 Å². The van der Waals surface area contributed by atoms with E-state index in [1.54, 1.807) is 30.3 Å². The van der Waals surface area contributed by atoms with E-state index in [2.05, 4.69) is 5.32 Å². The van der Waals surface area contributed by atoms with E-state index in [0.29, 0.717) is 40.1 Å². The number of ketones is 1. The molecular weight excluding hydrogens is 325 g/mol. The highest BCUT2D eigenvalue weighted by Gasteiger charge is 2.15. The lowest BCUT2D eigenvalue weighted by molar-refractivity contribution is 0.0986. The molecule has 0 fully saturated rings. The second kappa shape index (κ2) is 6.46. The molecule has 2 aromatic carbocycles. The Hall–Kier alpha value is -1.91. The summed E-state index contributed by atoms with van der Waals surface area (Å²) in [5.74, 6) is 1.32. The molecule has 22 heavy (non-hydrogen) atoms. The third-order valence-corrected chi connectivity index (χ3v) is 4.03. The number of halogens is 2. The van der Waals surface area contributed by atoms with Crippen LogP contribution in [0.2, 0.25) is 10.0 Å². The highest BCUT2D eigenvalue weighted by atomic mass is 35.5. The lowest BCUT2D eigenvalue weighted by atomic mass is 10.1. The van der Waals surface area contributed by atoms with Crippen LogP contribution < -0.4 is 14.8 Å². The molecule has 1 heterocycles. The third-order valence-electron chi connectivity index (χ3n) is 3.30. The fourth-order valence-corrected chi connectivity index (χ4v) is 2.44. The molecule has 2 aromatic rings. The normalized spacial score (nSPS) is 12.3. The first-order valence-electron chi connectivity index (χ1n) is 6.75. The molecule has 0 spiro atoms. The topological polar surface area (TPSA) is 47.6 Å². The number of nitrogens with one attached hydrogen (secondary N) is 1. The van der Waals surface area contributed by atoms with E-state index in [1.807, 2.05) is 6.07 Å². The van der Waals surface area contributed by atoms with Gasteiger partial charge in [-0.05, 0) is 36.4 Å². The molecule has 0 atom stereocenters. The lowest BCUT2D eigenvalue weighted by Gasteiger charge is -2.07. The van der Waals surface area contributed by atoms with E-state index in [0.717, 1.165) is 5.69 Å². The van der Waals surface area contributed by atoms with Gasteiger partial charge in [-0.2, -0.15) is 0 Å². The van der Waals surface area contributed by atoms with Gasteiger partial charge in [-0.15, -0.1) is 0 Å². The zero-order chi connectivity index (χ0) is 15.5. The van der Waals surface area contributed by atoms with Crippen molar-refractivity contribution in [2.45, 2.75) is 6.42 Å². The number of carbonyl (C=O) groups is 1. The van der Waals surface area contributed by atoms with E-state index in [4.69, 9.17) is 32.7 Å². The molecule has 1 aliphatic heterocycles. The van der Waals surface area contributed by atoms with E-state index >= 15 is 0 Å². The van der Waals surface area contributed by atoms with Crippen molar-refractivity contribution in [3.8, 4) is 11.5 Å². The summed E-state index contributed by atoms with van der Waals surface area (Å²) >= 11 is 11.8. The molecule has 0 amide bonds. The van der Waals surface area contributed by atoms with Crippen LogP contribution in [0.5, 0.6) is 11.5 Å². The Bertz CT molecular complexity index is 719. The fraction of sp³-hybridized carbons (Fsp3) is 0.188. The molecular formula is C16H13Cl2NO3. The summed E-state index contributed by atoms with van der Waals surface area (Å²) in [6, 6.07) is 10.5. The van der Waals surface area contributed by atoms with Crippen molar-refractivity contribution in [1.82, 2.24) is 0 Å². The van der Waals surface area contributed by atoms with Crippen molar-refractivity contribution >= 4 is 34.7 Å². The first-order chi connectivity index (χ1) is 10.6. The zero-order valence-corrected chi connectivity index (χ0v) is 13.1. The molecule has 0 aliphatic carbocycles. The Kier molecular flexibility index (Phi) is 4.41. The Morgan fingerprint density at radius 3 is 2.68 bits per heavy atom. The van der Waals surface area contributed by atoms with Gasteiger partial charge in [0.1, 0.15) is 0 Å². The maximum absolute atomic E-state index is 12.2. The molecule has 4 nitrogen and oxygen atoms in total. The number of carbonyl (C=O) groups excluding carboxylic acids is 1. The predicted octanol–water partition coefficient (Wildman–Crippen LogP) is 4.41. The summed E-state index contributed by atoms with van der Waals surface area (Å²) in [4.78, 5) is 12.2. The number of hydrogen-bond acceptors (Lipinski definition) is 4. The molecule has 0 aromatic heterocycles. The van der Waals surface area contributed by atoms with Crippen LogP contribution in [0.4, 0.5) is 5.69 Å². The van der Waals surface area contributed by atoms with Crippen molar-refractivity contribution in [3.63, 3.8) is 0 Å². The molecule has 114 valence electrons. The first kappa shape index (κ1) is 15.0. The molecule has 0 unspecified atom stereocenters. The molecule has 0 bridgehead atoms. The molecule has 3 rings (SSSR count). The fourth-order valence-electron chi connectivity index (χ4n) is 2.14. The van der Waals surface area contributed by atoms with Crippen LogP contribution in [-0.4, -0.2) is 19.1 Å². The van der Waals surface area contributed by atoms with Crippen LogP contribution in [0.25, 0.3) is 0 Å². The molecule has 1 aliphatic rings. The monoisotopic (exact) mass is 337 g/mol. The maximum atomic E-state index is 12.2. The smallest absolute Gasteiger partial charge is 0.231 e. The SMILES string of the molecule is O=C(CCNc1ccc(Cl)c(Cl)c1)c1ccc2c(c1)OCO2. The molecule has 0 saturated heterocycles. The minimum atomic E-state index is 0.0332. The number of rotatable bonds is 5. The van der Waals surface area contributed by atoms with Crippen LogP contribution in [0, 0.1) is 0 Å². The standard InChI is InChI=1S/C16H13Cl2NO3/c17-12-3-2-11(8-13(12)18)19-6-5-14(20)10-1-4-15-16(7-10)22-9-21-15/h1-4,7-8,19H,5-6,9H2. The van der Waals surface area contributed by atoms with Crippen LogP contribution in [0.1, 0.15) is 16.8 Å². The van der Waals surface area contributed by atoms with Crippen molar-refractivity contribution in [3.05, 3.63) is 52.0 Å². The van der Waals surface area contributed by atoms with Gasteiger partial charge >= 0.3 is 0 Å². The average molecular weight is 338 g/mol. The summed E-state index contributed by atoms with van der Waals surface area (Å²) in [7, 11) is 0. The van der Waals surface area contributed by atoms with Crippen LogP contribution in [0.15, 0.2) is 36.4 Å². The molecule has 0 saturated carbocycles. The van der Waals surface area contributed by atoms with Gasteiger partial charge in [0, 0.05) is 24.2 Å². The summed E-state index contributed by atoms with van der Waals surface area (Å²) in [6.07, 6.45) is 0.361. The van der Waals surface area contributed by atoms with Crippen LogP contribution in [0.3, 0.4) is 0 Å². The van der Waals surface area contributed by atoms with Crippen molar-refractivity contribution in [2.24, 2.45) is 0 Å². The van der Waals surface area contributed by atoms with Crippen molar-refractivity contribution in [1.29, 1.82) is 0 Å². The van der Waals surface area contributed by atoms with Gasteiger partial charge in [-0.1, -0.05) is 23.2 Å². The number of anilines is 1. The number of Topliss-reactive ketones (excluding diaryl/α,β-unsaturated/α-hetero) is 1. The Labute approximate surface area is 137 Å². The number of ether oxygens (including phenoxy) is 2. The maximum Gasteiger partial charge on any atom is 0.231 e. The summed E-state index contributed by atoms with van der Waals surface area (Å²) in [6.45, 7) is 0.705. The van der Waals surface area contributed by atoms with Gasteiger partial charge in [-0.3, -0.25) is 4.79 Å². The average Bonchev–Trinajstić information content (AvgIpc) is 2.98. The lowest BCUT2D eigenvalue weighted by Crippen LogP contribution is -2.08. The van der Waals surface area contributed by atoms with Gasteiger partial charge in [0.25, 0.3) is 0 Å². The largest absolute Gasteiger partial charge is 0.454 e. The van der Waals surface area contributed by atoms with Crippen molar-refractivity contribution in [2.75, 3.05) is 18.7 Å². The Morgan fingerprint density at radius 2 is 1.86 bits per heavy atom. The Morgan fingerprint density at radius 1 is 1.05 bits per heavy atom. The van der Waals surface area contributed by atoms with Crippen LogP contribution >= 0.6 is 23.2 Å². The number of hydrogen-bond donors (Lipinski definition) is 1. The number of benzene rings is 2. The van der Waals surface area contributed by atoms with E-state index in [9.17, 15) is 4.79 Å². The van der Waals surface area contributed by atoms with Gasteiger partial charge < -0.3 is 14.8 Å². The second-order valence-electron chi connectivity index (χ2n) is 4.80. The van der Waals surface area contributed by atoms with Gasteiger partial charge in [0.05, 0.1) is 10.0 Å². The van der Waals surface area contributed by atoms with Gasteiger partial charge in [-0.25, -0.2) is 0 Å². The highest BCUT2D eigenvalue weighted by Crippen LogP contribution is 2.32. The minimum absolute atomic E-state index is 0.0332. The van der Waals surface area contributed by atoms with Gasteiger partial charge in [0.2, 0.25) is 6.79 Å². The molecule has 0 radical (unpaired) electrons. The summed E-state index contributed by atoms with van der Waals surface area (Å²) in [5, 5.41) is 4.13. The Balaban J connectivity index is 1.57. The quantitative estimate of drug-likeness (QED) is 0.821. The first-order valence-corrected chi connectivity index (χ1v) is 7.51. The van der Waals surface area contributed by atoms with E-state index in [1.165, 1.54) is 0 Å². The summed E-state index contributed by atoms with van der Waals surface area (Å²) < 4.78 is 10.5. The molecule has 1 N–H and O–H groups in total. The predicted molar refractivity (Wildman–Crippen MR) is 86.5 cm³/mol. The number of fused-ring (bicyclic) bond motifs is 1. The highest BCUT2D eigenvalue weighted by molar-refractivity contribution is 6.42. The van der Waals surface area contributed by atoms with Gasteiger partial charge in [0.15, 0.2) is 17.3 Å². The van der Waals surface area contributed by atoms with E-state index < -0.39 is 0 Å². The molecule has 6 heteroatoms. The van der Waals surface area contributed by atoms with E-state index in [-0.39, 0.29) is 12.6 Å².